The number of unbranched alkanes of at least 4 members (excludes halogenated alkanes) is 2. The fourth-order valence-electron chi connectivity index (χ4n) is 2.85. The second kappa shape index (κ2) is 14.6. The molecule has 0 atom stereocenters. The number of ether oxygens (including phenoxy) is 2. The topological polar surface area (TPSA) is 33.7 Å². The zero-order valence-corrected chi connectivity index (χ0v) is 17.1. The van der Waals surface area contributed by atoms with E-state index in [0.717, 1.165) is 24.6 Å². The highest BCUT2D eigenvalue weighted by atomic mass is 16.5. The summed E-state index contributed by atoms with van der Waals surface area (Å²) < 4.78 is 11.0. The summed E-state index contributed by atoms with van der Waals surface area (Å²) >= 11 is 0. The fourth-order valence-corrected chi connectivity index (χ4v) is 2.85. The number of hydrogen-bond donors (Lipinski definition) is 1. The Balaban J connectivity index is 2.34. The minimum absolute atomic E-state index is 0.487. The van der Waals surface area contributed by atoms with Gasteiger partial charge in [0.2, 0.25) is 0 Å². The lowest BCUT2D eigenvalue weighted by atomic mass is 10.2. The standard InChI is InChI=1S/C22H38N2O2/c1-5-8-14-24(15-9-6-2)16-10-13-23-19-20-11-12-21(26-17-7-3)22(18-20)25-4/h7,11-12,18,23H,3,5-6,8-10,13-17,19H2,1-2,4H3. The maximum absolute atomic E-state index is 5.60. The van der Waals surface area contributed by atoms with Gasteiger partial charge in [-0.05, 0) is 63.1 Å². The molecular formula is C22H38N2O2. The van der Waals surface area contributed by atoms with Crippen LogP contribution in [0.3, 0.4) is 0 Å². The van der Waals surface area contributed by atoms with Crippen LogP contribution in [-0.4, -0.2) is 44.8 Å². The molecule has 0 amide bonds. The van der Waals surface area contributed by atoms with E-state index >= 15 is 0 Å². The van der Waals surface area contributed by atoms with Crippen molar-refractivity contribution in [2.24, 2.45) is 0 Å². The number of nitrogens with one attached hydrogen (secondary N) is 1. The van der Waals surface area contributed by atoms with E-state index in [0.29, 0.717) is 6.61 Å². The molecule has 0 saturated carbocycles. The molecule has 0 saturated heterocycles. The predicted molar refractivity (Wildman–Crippen MR) is 111 cm³/mol. The third-order valence-corrected chi connectivity index (χ3v) is 4.40. The molecule has 0 aliphatic heterocycles. The summed E-state index contributed by atoms with van der Waals surface area (Å²) in [7, 11) is 1.68. The largest absolute Gasteiger partial charge is 0.493 e. The van der Waals surface area contributed by atoms with Crippen LogP contribution in [0.1, 0.15) is 51.5 Å². The van der Waals surface area contributed by atoms with Crippen LogP contribution in [0.25, 0.3) is 0 Å². The molecule has 0 aliphatic carbocycles. The number of methoxy groups -OCH3 is 1. The smallest absolute Gasteiger partial charge is 0.161 e. The van der Waals surface area contributed by atoms with Gasteiger partial charge in [0.25, 0.3) is 0 Å². The van der Waals surface area contributed by atoms with E-state index in [1.54, 1.807) is 13.2 Å². The van der Waals surface area contributed by atoms with E-state index in [9.17, 15) is 0 Å². The molecule has 0 fully saturated rings. The van der Waals surface area contributed by atoms with Gasteiger partial charge in [0.1, 0.15) is 6.61 Å². The van der Waals surface area contributed by atoms with Gasteiger partial charge in [0.05, 0.1) is 7.11 Å². The van der Waals surface area contributed by atoms with E-state index in [-0.39, 0.29) is 0 Å². The van der Waals surface area contributed by atoms with Crippen LogP contribution in [-0.2, 0) is 6.54 Å². The number of rotatable bonds is 16. The van der Waals surface area contributed by atoms with Crippen molar-refractivity contribution in [2.45, 2.75) is 52.5 Å². The summed E-state index contributed by atoms with van der Waals surface area (Å²) in [5.74, 6) is 1.54. The van der Waals surface area contributed by atoms with Crippen molar-refractivity contribution in [3.63, 3.8) is 0 Å². The number of nitrogens with zero attached hydrogens (tertiary/aromatic N) is 1. The van der Waals surface area contributed by atoms with Crippen molar-refractivity contribution in [2.75, 3.05) is 39.9 Å². The second-order valence-corrected chi connectivity index (χ2v) is 6.66. The summed E-state index contributed by atoms with van der Waals surface area (Å²) in [6.07, 6.45) is 8.07. The van der Waals surface area contributed by atoms with Gasteiger partial charge in [-0.3, -0.25) is 0 Å². The molecule has 148 valence electrons. The average Bonchev–Trinajstić information content (AvgIpc) is 2.67. The summed E-state index contributed by atoms with van der Waals surface area (Å²) in [6.45, 7) is 14.2. The fraction of sp³-hybridized carbons (Fsp3) is 0.636. The third-order valence-electron chi connectivity index (χ3n) is 4.40. The SMILES string of the molecule is C=CCOc1ccc(CNCCCN(CCCC)CCCC)cc1OC. The van der Waals surface area contributed by atoms with Gasteiger partial charge in [0.15, 0.2) is 11.5 Å². The van der Waals surface area contributed by atoms with Crippen LogP contribution in [0.5, 0.6) is 11.5 Å². The van der Waals surface area contributed by atoms with Crippen molar-refractivity contribution in [3.8, 4) is 11.5 Å². The molecule has 4 nitrogen and oxygen atoms in total. The van der Waals surface area contributed by atoms with E-state index in [2.05, 4.69) is 36.7 Å². The van der Waals surface area contributed by atoms with Gasteiger partial charge in [-0.25, -0.2) is 0 Å². The van der Waals surface area contributed by atoms with Crippen molar-refractivity contribution in [3.05, 3.63) is 36.4 Å². The Bertz CT molecular complexity index is 483. The molecule has 1 aromatic rings. The van der Waals surface area contributed by atoms with E-state index in [1.807, 2.05) is 12.1 Å². The molecule has 0 aliphatic rings. The summed E-state index contributed by atoms with van der Waals surface area (Å²) in [5, 5.41) is 3.54. The Hall–Kier alpha value is -1.52. The zero-order chi connectivity index (χ0) is 19.0. The first kappa shape index (κ1) is 22.5. The van der Waals surface area contributed by atoms with Gasteiger partial charge in [-0.2, -0.15) is 0 Å². The number of hydrogen-bond acceptors (Lipinski definition) is 4. The van der Waals surface area contributed by atoms with Crippen LogP contribution in [0.15, 0.2) is 30.9 Å². The monoisotopic (exact) mass is 362 g/mol. The van der Waals surface area contributed by atoms with Gasteiger partial charge in [-0.15, -0.1) is 0 Å². The van der Waals surface area contributed by atoms with Crippen LogP contribution in [0.4, 0.5) is 0 Å². The van der Waals surface area contributed by atoms with Gasteiger partial charge in [-0.1, -0.05) is 45.4 Å². The van der Waals surface area contributed by atoms with E-state index < -0.39 is 0 Å². The zero-order valence-electron chi connectivity index (χ0n) is 17.1. The van der Waals surface area contributed by atoms with E-state index in [4.69, 9.17) is 9.47 Å². The lowest BCUT2D eigenvalue weighted by molar-refractivity contribution is 0.261. The van der Waals surface area contributed by atoms with Gasteiger partial charge < -0.3 is 19.7 Å². The minimum atomic E-state index is 0.487. The quantitative estimate of drug-likeness (QED) is 0.343. The minimum Gasteiger partial charge on any atom is -0.493 e. The molecule has 4 heteroatoms. The van der Waals surface area contributed by atoms with Gasteiger partial charge in [0, 0.05) is 6.54 Å². The molecule has 0 heterocycles. The van der Waals surface area contributed by atoms with Gasteiger partial charge >= 0.3 is 0 Å². The summed E-state index contributed by atoms with van der Waals surface area (Å²) in [4.78, 5) is 2.61. The Morgan fingerprint density at radius 1 is 1.04 bits per heavy atom. The molecular weight excluding hydrogens is 324 g/mol. The molecule has 0 radical (unpaired) electrons. The number of benzene rings is 1. The molecule has 1 rings (SSSR count). The lowest BCUT2D eigenvalue weighted by Crippen LogP contribution is -2.29. The molecule has 0 spiro atoms. The molecule has 0 aromatic heterocycles. The van der Waals surface area contributed by atoms with Crippen LogP contribution < -0.4 is 14.8 Å². The van der Waals surface area contributed by atoms with Crippen LogP contribution in [0.2, 0.25) is 0 Å². The highest BCUT2D eigenvalue weighted by Crippen LogP contribution is 2.28. The maximum atomic E-state index is 5.60. The Labute approximate surface area is 160 Å². The molecule has 0 bridgehead atoms. The highest BCUT2D eigenvalue weighted by Gasteiger charge is 2.06. The van der Waals surface area contributed by atoms with Crippen molar-refractivity contribution in [1.82, 2.24) is 10.2 Å². The summed E-state index contributed by atoms with van der Waals surface area (Å²) in [6, 6.07) is 6.10. The van der Waals surface area contributed by atoms with Crippen LogP contribution in [0, 0.1) is 0 Å². The Kier molecular flexibility index (Phi) is 12.7. The summed E-state index contributed by atoms with van der Waals surface area (Å²) in [5.41, 5.74) is 1.21. The van der Waals surface area contributed by atoms with Crippen LogP contribution >= 0.6 is 0 Å². The molecule has 1 N–H and O–H groups in total. The second-order valence-electron chi connectivity index (χ2n) is 6.66. The van der Waals surface area contributed by atoms with Crippen molar-refractivity contribution in [1.29, 1.82) is 0 Å². The normalized spacial score (nSPS) is 10.9. The van der Waals surface area contributed by atoms with Crippen molar-refractivity contribution < 1.29 is 9.47 Å². The predicted octanol–water partition coefficient (Wildman–Crippen LogP) is 4.64. The highest BCUT2D eigenvalue weighted by molar-refractivity contribution is 5.43. The molecule has 0 unspecified atom stereocenters. The average molecular weight is 363 g/mol. The van der Waals surface area contributed by atoms with Crippen molar-refractivity contribution >= 4 is 0 Å². The maximum Gasteiger partial charge on any atom is 0.161 e. The first-order valence-electron chi connectivity index (χ1n) is 10.1. The molecule has 1 aromatic carbocycles. The third kappa shape index (κ3) is 9.25. The Morgan fingerprint density at radius 2 is 1.73 bits per heavy atom. The molecule has 26 heavy (non-hydrogen) atoms. The van der Waals surface area contributed by atoms with E-state index in [1.165, 1.54) is 57.3 Å². The first-order chi connectivity index (χ1) is 12.7. The lowest BCUT2D eigenvalue weighted by Gasteiger charge is -2.22. The first-order valence-corrected chi connectivity index (χ1v) is 10.1. The Morgan fingerprint density at radius 3 is 2.35 bits per heavy atom.